The highest BCUT2D eigenvalue weighted by atomic mass is 79.9. The fourth-order valence-electron chi connectivity index (χ4n) is 1.44. The first kappa shape index (κ1) is 13.4. The molecule has 0 aromatic carbocycles. The van der Waals surface area contributed by atoms with Gasteiger partial charge < -0.3 is 10.4 Å². The zero-order chi connectivity index (χ0) is 9.94. The molecule has 0 aliphatic rings. The smallest absolute Gasteiger partial charge is 0.0519 e. The van der Waals surface area contributed by atoms with E-state index in [1.165, 1.54) is 25.7 Å². The highest BCUT2D eigenvalue weighted by Gasteiger charge is 2.05. The third-order valence-electron chi connectivity index (χ3n) is 2.23. The largest absolute Gasteiger partial charge is 0.396 e. The van der Waals surface area contributed by atoms with Crippen LogP contribution >= 0.6 is 15.9 Å². The van der Waals surface area contributed by atoms with E-state index in [0.29, 0.717) is 12.6 Å². The van der Waals surface area contributed by atoms with Crippen LogP contribution in [0.1, 0.15) is 45.4 Å². The Hall–Kier alpha value is 0.400. The molecule has 0 spiro atoms. The predicted molar refractivity (Wildman–Crippen MR) is 61.2 cm³/mol. The second-order valence-corrected chi connectivity index (χ2v) is 3.96. The molecule has 0 amide bonds. The second kappa shape index (κ2) is 10.5. The van der Waals surface area contributed by atoms with Gasteiger partial charge >= 0.3 is 0 Å². The number of halogens is 1. The van der Waals surface area contributed by atoms with Crippen molar-refractivity contribution < 1.29 is 5.11 Å². The third kappa shape index (κ3) is 8.72. The molecule has 0 rings (SSSR count). The lowest BCUT2D eigenvalue weighted by Gasteiger charge is -2.16. The minimum absolute atomic E-state index is 0.314. The molecule has 2 N–H and O–H groups in total. The monoisotopic (exact) mass is 251 g/mol. The lowest BCUT2D eigenvalue weighted by atomic mass is 10.0. The van der Waals surface area contributed by atoms with Crippen LogP contribution in [0.2, 0.25) is 0 Å². The normalized spacial score (nSPS) is 13.2. The molecule has 0 aliphatic carbocycles. The summed E-state index contributed by atoms with van der Waals surface area (Å²) in [4.78, 5) is 0. The number of aliphatic hydroxyl groups excluding tert-OH is 1. The zero-order valence-electron chi connectivity index (χ0n) is 8.56. The molecule has 2 nitrogen and oxygen atoms in total. The van der Waals surface area contributed by atoms with Crippen LogP contribution < -0.4 is 5.32 Å². The lowest BCUT2D eigenvalue weighted by molar-refractivity contribution is 0.273. The van der Waals surface area contributed by atoms with Crippen LogP contribution in [-0.2, 0) is 0 Å². The molecule has 1 unspecified atom stereocenters. The molecule has 0 heterocycles. The van der Waals surface area contributed by atoms with Gasteiger partial charge in [0.25, 0.3) is 0 Å². The summed E-state index contributed by atoms with van der Waals surface area (Å²) in [6.45, 7) is 2.54. The van der Waals surface area contributed by atoms with Gasteiger partial charge in [0.2, 0.25) is 0 Å². The molecule has 0 saturated carbocycles. The molecular weight excluding hydrogens is 230 g/mol. The van der Waals surface area contributed by atoms with Crippen molar-refractivity contribution in [1.29, 1.82) is 0 Å². The van der Waals surface area contributed by atoms with Gasteiger partial charge in [-0.1, -0.05) is 42.1 Å². The van der Waals surface area contributed by atoms with Gasteiger partial charge in [-0.25, -0.2) is 0 Å². The summed E-state index contributed by atoms with van der Waals surface area (Å²) in [5, 5.41) is 12.1. The maximum atomic E-state index is 8.72. The molecule has 0 bridgehead atoms. The van der Waals surface area contributed by atoms with E-state index in [1.807, 2.05) is 0 Å². The summed E-state index contributed by atoms with van der Waals surface area (Å²) >= 11 is 3.38. The first-order chi connectivity index (χ1) is 6.35. The lowest BCUT2D eigenvalue weighted by Crippen LogP contribution is -2.27. The van der Waals surface area contributed by atoms with E-state index in [4.69, 9.17) is 5.11 Å². The number of nitrogens with one attached hydrogen (secondary N) is 1. The Morgan fingerprint density at radius 2 is 1.92 bits per heavy atom. The summed E-state index contributed by atoms with van der Waals surface area (Å²) in [6.07, 6.45) is 7.13. The van der Waals surface area contributed by atoms with E-state index in [2.05, 4.69) is 28.2 Å². The Morgan fingerprint density at radius 3 is 2.46 bits per heavy atom. The van der Waals surface area contributed by atoms with Gasteiger partial charge in [-0.2, -0.15) is 0 Å². The fourth-order valence-corrected chi connectivity index (χ4v) is 1.89. The number of unbranched alkanes of at least 4 members (excludes halogenated alkanes) is 2. The SMILES string of the molecule is CCCCCC(CCCO)NCBr. The van der Waals surface area contributed by atoms with Crippen molar-refractivity contribution in [3.05, 3.63) is 0 Å². The molecule has 80 valence electrons. The highest BCUT2D eigenvalue weighted by Crippen LogP contribution is 2.08. The van der Waals surface area contributed by atoms with Crippen molar-refractivity contribution in [1.82, 2.24) is 5.32 Å². The molecular formula is C10H22BrNO. The van der Waals surface area contributed by atoms with Gasteiger partial charge in [0, 0.05) is 12.6 Å². The Bertz CT molecular complexity index is 101. The van der Waals surface area contributed by atoms with Crippen LogP contribution in [-0.4, -0.2) is 23.2 Å². The van der Waals surface area contributed by atoms with Crippen LogP contribution in [0.4, 0.5) is 0 Å². The van der Waals surface area contributed by atoms with Crippen molar-refractivity contribution in [2.75, 3.05) is 12.1 Å². The summed E-state index contributed by atoms with van der Waals surface area (Å²) in [7, 11) is 0. The van der Waals surface area contributed by atoms with E-state index in [1.54, 1.807) is 0 Å². The Balaban J connectivity index is 3.41. The van der Waals surface area contributed by atoms with Crippen molar-refractivity contribution in [2.24, 2.45) is 0 Å². The van der Waals surface area contributed by atoms with Gasteiger partial charge in [-0.05, 0) is 19.3 Å². The molecule has 1 atom stereocenters. The summed E-state index contributed by atoms with van der Waals surface area (Å²) in [5.74, 6) is 0. The zero-order valence-corrected chi connectivity index (χ0v) is 10.1. The highest BCUT2D eigenvalue weighted by molar-refractivity contribution is 9.09. The van der Waals surface area contributed by atoms with Gasteiger partial charge in [0.05, 0.1) is 5.45 Å². The molecule has 0 saturated heterocycles. The van der Waals surface area contributed by atoms with E-state index < -0.39 is 0 Å². The predicted octanol–water partition coefficient (Wildman–Crippen LogP) is 2.65. The standard InChI is InChI=1S/C10H22BrNO/c1-2-3-4-6-10(12-9-11)7-5-8-13/h10,12-13H,2-9H2,1H3. The Kier molecular flexibility index (Phi) is 10.8. The molecule has 13 heavy (non-hydrogen) atoms. The summed E-state index contributed by atoms with van der Waals surface area (Å²) in [5.41, 5.74) is 0.856. The first-order valence-electron chi connectivity index (χ1n) is 5.25. The number of rotatable bonds is 9. The van der Waals surface area contributed by atoms with E-state index >= 15 is 0 Å². The fraction of sp³-hybridized carbons (Fsp3) is 1.00. The summed E-state index contributed by atoms with van der Waals surface area (Å²) < 4.78 is 0. The topological polar surface area (TPSA) is 32.3 Å². The quantitative estimate of drug-likeness (QED) is 0.375. The van der Waals surface area contributed by atoms with Crippen LogP contribution in [0.25, 0.3) is 0 Å². The molecule has 0 radical (unpaired) electrons. The Labute approximate surface area is 90.2 Å². The maximum absolute atomic E-state index is 8.72. The average molecular weight is 252 g/mol. The van der Waals surface area contributed by atoms with E-state index in [0.717, 1.165) is 18.3 Å². The maximum Gasteiger partial charge on any atom is 0.0519 e. The molecule has 0 aliphatic heterocycles. The molecule has 0 aromatic rings. The average Bonchev–Trinajstić information content (AvgIpc) is 2.14. The van der Waals surface area contributed by atoms with Gasteiger partial charge in [0.15, 0.2) is 0 Å². The van der Waals surface area contributed by atoms with Crippen molar-refractivity contribution >= 4 is 15.9 Å². The van der Waals surface area contributed by atoms with Gasteiger partial charge in [0.1, 0.15) is 0 Å². The number of alkyl halides is 1. The first-order valence-corrected chi connectivity index (χ1v) is 6.37. The van der Waals surface area contributed by atoms with Gasteiger partial charge in [-0.3, -0.25) is 0 Å². The second-order valence-electron chi connectivity index (χ2n) is 3.40. The number of hydrogen-bond donors (Lipinski definition) is 2. The minimum Gasteiger partial charge on any atom is -0.396 e. The molecule has 0 aromatic heterocycles. The van der Waals surface area contributed by atoms with Crippen molar-refractivity contribution in [2.45, 2.75) is 51.5 Å². The Morgan fingerprint density at radius 1 is 1.23 bits per heavy atom. The molecule has 0 fully saturated rings. The van der Waals surface area contributed by atoms with Crippen LogP contribution in [0, 0.1) is 0 Å². The van der Waals surface area contributed by atoms with Gasteiger partial charge in [-0.15, -0.1) is 0 Å². The third-order valence-corrected chi connectivity index (χ3v) is 2.56. The van der Waals surface area contributed by atoms with E-state index in [-0.39, 0.29) is 0 Å². The van der Waals surface area contributed by atoms with Crippen LogP contribution in [0.15, 0.2) is 0 Å². The summed E-state index contributed by atoms with van der Waals surface area (Å²) in [6, 6.07) is 0.582. The number of hydrogen-bond acceptors (Lipinski definition) is 2. The number of aliphatic hydroxyl groups is 1. The van der Waals surface area contributed by atoms with Crippen molar-refractivity contribution in [3.8, 4) is 0 Å². The van der Waals surface area contributed by atoms with E-state index in [9.17, 15) is 0 Å². The van der Waals surface area contributed by atoms with Crippen molar-refractivity contribution in [3.63, 3.8) is 0 Å². The molecule has 3 heteroatoms. The van der Waals surface area contributed by atoms with Crippen LogP contribution in [0.3, 0.4) is 0 Å². The van der Waals surface area contributed by atoms with Crippen LogP contribution in [0.5, 0.6) is 0 Å². The minimum atomic E-state index is 0.314.